The fraction of sp³-hybridized carbons (Fsp3) is 0.0714. The molecule has 0 radical (unpaired) electrons. The van der Waals surface area contributed by atoms with E-state index in [0.717, 1.165) is 0 Å². The van der Waals surface area contributed by atoms with Gasteiger partial charge in [-0.1, -0.05) is 23.7 Å². The van der Waals surface area contributed by atoms with Crippen LogP contribution in [-0.4, -0.2) is 9.97 Å². The second-order valence-electron chi connectivity index (χ2n) is 4.63. The van der Waals surface area contributed by atoms with Crippen LogP contribution in [0.25, 0.3) is 0 Å². The van der Waals surface area contributed by atoms with Crippen molar-refractivity contribution in [2.24, 2.45) is 5.73 Å². The Morgan fingerprint density at radius 3 is 2.64 bits per heavy atom. The Balaban J connectivity index is 2.32. The molecule has 8 heteroatoms. The number of fused-ring (bicyclic) bond motifs is 1. The number of benzene rings is 1. The van der Waals surface area contributed by atoms with Gasteiger partial charge in [0.25, 0.3) is 5.56 Å². The lowest BCUT2D eigenvalue weighted by molar-refractivity contribution is 0.374. The predicted octanol–water partition coefficient (Wildman–Crippen LogP) is 2.30. The molecule has 1 atom stereocenters. The van der Waals surface area contributed by atoms with E-state index in [1.807, 2.05) is 6.07 Å². The first kappa shape index (κ1) is 14.4. The summed E-state index contributed by atoms with van der Waals surface area (Å²) >= 11 is 10.8. The standard InChI is InChI=1S/C14H9ClN4O2S/c15-7-3-1-6(2-4-7)9-8(5-16)11(17)21-13-10(9)12(20)18-14(22)19-13/h1-4,9H,17H2,(H2,18,19,20,22)/t9-/m0/s1. The molecule has 0 saturated heterocycles. The van der Waals surface area contributed by atoms with Crippen molar-refractivity contribution in [1.29, 1.82) is 5.26 Å². The number of ether oxygens (including phenoxy) is 1. The molecule has 0 fully saturated rings. The third-order valence-electron chi connectivity index (χ3n) is 3.32. The lowest BCUT2D eigenvalue weighted by Gasteiger charge is -2.24. The molecule has 0 saturated carbocycles. The molecule has 6 nitrogen and oxygen atoms in total. The summed E-state index contributed by atoms with van der Waals surface area (Å²) in [5.41, 5.74) is 6.48. The molecule has 1 aliphatic rings. The summed E-state index contributed by atoms with van der Waals surface area (Å²) in [5.74, 6) is -0.571. The lowest BCUT2D eigenvalue weighted by atomic mass is 9.85. The third kappa shape index (κ3) is 2.28. The van der Waals surface area contributed by atoms with Crippen LogP contribution in [0.1, 0.15) is 17.0 Å². The molecular weight excluding hydrogens is 324 g/mol. The van der Waals surface area contributed by atoms with Gasteiger partial charge in [0.2, 0.25) is 11.8 Å². The quantitative estimate of drug-likeness (QED) is 0.694. The van der Waals surface area contributed by atoms with Crippen molar-refractivity contribution in [1.82, 2.24) is 9.97 Å². The Morgan fingerprint density at radius 2 is 2.00 bits per heavy atom. The van der Waals surface area contributed by atoms with Gasteiger partial charge >= 0.3 is 0 Å². The van der Waals surface area contributed by atoms with Crippen LogP contribution in [0, 0.1) is 16.1 Å². The van der Waals surface area contributed by atoms with E-state index in [9.17, 15) is 10.1 Å². The number of allylic oxidation sites excluding steroid dienone is 1. The first-order chi connectivity index (χ1) is 10.5. The van der Waals surface area contributed by atoms with Gasteiger partial charge in [-0.15, -0.1) is 0 Å². The van der Waals surface area contributed by atoms with Gasteiger partial charge in [0.15, 0.2) is 4.77 Å². The van der Waals surface area contributed by atoms with Gasteiger partial charge in [-0.05, 0) is 29.9 Å². The van der Waals surface area contributed by atoms with Crippen LogP contribution in [0.5, 0.6) is 5.88 Å². The Morgan fingerprint density at radius 1 is 1.32 bits per heavy atom. The number of nitrogens with two attached hydrogens (primary N) is 1. The van der Waals surface area contributed by atoms with Crippen LogP contribution < -0.4 is 16.0 Å². The van der Waals surface area contributed by atoms with E-state index in [0.29, 0.717) is 10.6 Å². The molecule has 110 valence electrons. The second-order valence-corrected chi connectivity index (χ2v) is 5.47. The van der Waals surface area contributed by atoms with Crippen molar-refractivity contribution in [2.45, 2.75) is 5.92 Å². The fourth-order valence-electron chi connectivity index (χ4n) is 2.38. The zero-order valence-corrected chi connectivity index (χ0v) is 12.6. The number of aromatic nitrogens is 2. The summed E-state index contributed by atoms with van der Waals surface area (Å²) in [7, 11) is 0. The summed E-state index contributed by atoms with van der Waals surface area (Å²) in [6.45, 7) is 0. The van der Waals surface area contributed by atoms with Gasteiger partial charge in [-0.25, -0.2) is 0 Å². The molecule has 2 aromatic rings. The number of nitrogens with one attached hydrogen (secondary N) is 2. The normalized spacial score (nSPS) is 16.6. The van der Waals surface area contributed by atoms with E-state index in [2.05, 4.69) is 9.97 Å². The van der Waals surface area contributed by atoms with Crippen LogP contribution >= 0.6 is 23.8 Å². The van der Waals surface area contributed by atoms with Crippen molar-refractivity contribution < 1.29 is 4.74 Å². The molecule has 2 heterocycles. The molecule has 3 rings (SSSR count). The van der Waals surface area contributed by atoms with Gasteiger partial charge in [0.05, 0.1) is 11.5 Å². The van der Waals surface area contributed by atoms with Crippen LogP contribution in [0.3, 0.4) is 0 Å². The molecule has 0 amide bonds. The Kier molecular flexibility index (Phi) is 3.48. The highest BCUT2D eigenvalue weighted by Gasteiger charge is 2.33. The van der Waals surface area contributed by atoms with E-state index >= 15 is 0 Å². The van der Waals surface area contributed by atoms with E-state index < -0.39 is 11.5 Å². The molecule has 1 aromatic heterocycles. The van der Waals surface area contributed by atoms with Gasteiger partial charge in [-0.3, -0.25) is 9.78 Å². The van der Waals surface area contributed by atoms with E-state index in [4.69, 9.17) is 34.3 Å². The number of nitrogens with zero attached hydrogens (tertiary/aromatic N) is 1. The number of nitriles is 1. The summed E-state index contributed by atoms with van der Waals surface area (Å²) in [6, 6.07) is 8.82. The number of halogens is 1. The fourth-order valence-corrected chi connectivity index (χ4v) is 2.69. The maximum absolute atomic E-state index is 12.3. The van der Waals surface area contributed by atoms with Crippen LogP contribution in [0.15, 0.2) is 40.5 Å². The zero-order chi connectivity index (χ0) is 15.9. The minimum atomic E-state index is -0.651. The zero-order valence-electron chi connectivity index (χ0n) is 11.0. The molecule has 0 bridgehead atoms. The third-order valence-corrected chi connectivity index (χ3v) is 3.78. The topological polar surface area (TPSA) is 108 Å². The Labute approximate surface area is 134 Å². The van der Waals surface area contributed by atoms with Crippen LogP contribution in [0.4, 0.5) is 0 Å². The van der Waals surface area contributed by atoms with E-state index in [1.54, 1.807) is 24.3 Å². The van der Waals surface area contributed by atoms with Crippen molar-refractivity contribution in [3.05, 3.63) is 67.0 Å². The highest BCUT2D eigenvalue weighted by atomic mass is 35.5. The first-order valence-electron chi connectivity index (χ1n) is 6.21. The van der Waals surface area contributed by atoms with Crippen LogP contribution in [0.2, 0.25) is 5.02 Å². The smallest absolute Gasteiger partial charge is 0.259 e. The van der Waals surface area contributed by atoms with Crippen LogP contribution in [-0.2, 0) is 0 Å². The molecule has 0 unspecified atom stereocenters. The van der Waals surface area contributed by atoms with Gasteiger partial charge in [0.1, 0.15) is 11.6 Å². The number of H-pyrrole nitrogens is 2. The minimum absolute atomic E-state index is 0.0637. The van der Waals surface area contributed by atoms with Crippen molar-refractivity contribution >= 4 is 23.8 Å². The molecule has 4 N–H and O–H groups in total. The maximum atomic E-state index is 12.3. The Hall–Kier alpha value is -2.56. The summed E-state index contributed by atoms with van der Waals surface area (Å²) in [4.78, 5) is 17.5. The number of hydrogen-bond acceptors (Lipinski definition) is 5. The van der Waals surface area contributed by atoms with Gasteiger partial charge in [-0.2, -0.15) is 5.26 Å². The number of hydrogen-bond donors (Lipinski definition) is 3. The van der Waals surface area contributed by atoms with E-state index in [-0.39, 0.29) is 27.7 Å². The highest BCUT2D eigenvalue weighted by molar-refractivity contribution is 7.71. The average molecular weight is 333 g/mol. The summed E-state index contributed by atoms with van der Waals surface area (Å²) < 4.78 is 5.46. The molecule has 1 aliphatic heterocycles. The van der Waals surface area contributed by atoms with Crippen molar-refractivity contribution in [3.63, 3.8) is 0 Å². The van der Waals surface area contributed by atoms with E-state index in [1.165, 1.54) is 0 Å². The predicted molar refractivity (Wildman–Crippen MR) is 83.0 cm³/mol. The minimum Gasteiger partial charge on any atom is -0.424 e. The Bertz CT molecular complexity index is 937. The van der Waals surface area contributed by atoms with Gasteiger partial charge in [0, 0.05) is 5.02 Å². The largest absolute Gasteiger partial charge is 0.424 e. The SMILES string of the molecule is N#CC1=C(N)Oc2[nH]c(=S)[nH]c(=O)c2[C@H]1c1ccc(Cl)cc1. The molecule has 22 heavy (non-hydrogen) atoms. The van der Waals surface area contributed by atoms with Crippen molar-refractivity contribution in [3.8, 4) is 11.9 Å². The number of rotatable bonds is 1. The lowest BCUT2D eigenvalue weighted by Crippen LogP contribution is -2.28. The molecule has 0 spiro atoms. The highest BCUT2D eigenvalue weighted by Crippen LogP contribution is 2.38. The second kappa shape index (κ2) is 5.33. The number of aromatic amines is 2. The maximum Gasteiger partial charge on any atom is 0.259 e. The van der Waals surface area contributed by atoms with Crippen molar-refractivity contribution in [2.75, 3.05) is 0 Å². The molecule has 0 aliphatic carbocycles. The summed E-state index contributed by atoms with van der Waals surface area (Å²) in [6.07, 6.45) is 0. The summed E-state index contributed by atoms with van der Waals surface area (Å²) in [5, 5.41) is 9.93. The molecular formula is C14H9ClN4O2S. The van der Waals surface area contributed by atoms with Gasteiger partial charge < -0.3 is 15.5 Å². The monoisotopic (exact) mass is 332 g/mol. The first-order valence-corrected chi connectivity index (χ1v) is 6.99. The average Bonchev–Trinajstić information content (AvgIpc) is 2.46. The molecule has 1 aromatic carbocycles.